The van der Waals surface area contributed by atoms with E-state index in [2.05, 4.69) is 15.7 Å². The molecule has 0 radical (unpaired) electrons. The molecular weight excluding hydrogens is 190 g/mol. The zero-order chi connectivity index (χ0) is 9.26. The number of nitrogens with one attached hydrogen (secondary N) is 2. The lowest BCUT2D eigenvalue weighted by Gasteiger charge is -1.95. The maximum absolute atomic E-state index is 8.54. The van der Waals surface area contributed by atoms with Crippen LogP contribution in [0.3, 0.4) is 0 Å². The first-order chi connectivity index (χ1) is 6.31. The van der Waals surface area contributed by atoms with Crippen LogP contribution in [0.25, 0.3) is 10.9 Å². The van der Waals surface area contributed by atoms with Gasteiger partial charge in [0, 0.05) is 10.4 Å². The molecule has 0 bridgehead atoms. The van der Waals surface area contributed by atoms with Crippen molar-refractivity contribution in [3.8, 4) is 0 Å². The van der Waals surface area contributed by atoms with Gasteiger partial charge in [0.25, 0.3) is 0 Å². The van der Waals surface area contributed by atoms with Crippen LogP contribution in [-0.2, 0) is 6.54 Å². The fraction of sp³-hybridized carbons (Fsp3) is 0.125. The smallest absolute Gasteiger partial charge is 0.0925 e. The molecule has 0 fully saturated rings. The highest BCUT2D eigenvalue weighted by atomic mass is 35.5. The van der Waals surface area contributed by atoms with Crippen LogP contribution < -0.4 is 5.48 Å². The van der Waals surface area contributed by atoms with Gasteiger partial charge in [-0.05, 0) is 18.2 Å². The number of halogens is 1. The molecule has 1 aromatic heterocycles. The van der Waals surface area contributed by atoms with E-state index in [1.807, 2.05) is 12.1 Å². The molecule has 2 aromatic rings. The second-order valence-electron chi connectivity index (χ2n) is 2.70. The van der Waals surface area contributed by atoms with E-state index in [-0.39, 0.29) is 0 Å². The number of hydrogen-bond acceptors (Lipinski definition) is 3. The van der Waals surface area contributed by atoms with Gasteiger partial charge in [-0.15, -0.1) is 0 Å². The van der Waals surface area contributed by atoms with E-state index in [4.69, 9.17) is 16.8 Å². The van der Waals surface area contributed by atoms with Crippen LogP contribution in [0.2, 0.25) is 5.02 Å². The van der Waals surface area contributed by atoms with Crippen LogP contribution in [0.1, 0.15) is 5.69 Å². The summed E-state index contributed by atoms with van der Waals surface area (Å²) in [5.74, 6) is 0. The number of rotatable bonds is 2. The Bertz CT molecular complexity index is 426. The summed E-state index contributed by atoms with van der Waals surface area (Å²) in [4.78, 5) is 0. The van der Waals surface area contributed by atoms with Gasteiger partial charge in [-0.2, -0.15) is 10.6 Å². The van der Waals surface area contributed by atoms with Gasteiger partial charge in [0.05, 0.1) is 17.8 Å². The SMILES string of the molecule is ONCc1[nH]nc2ccc(Cl)cc12. The lowest BCUT2D eigenvalue weighted by atomic mass is 10.2. The van der Waals surface area contributed by atoms with Gasteiger partial charge in [0.1, 0.15) is 0 Å². The lowest BCUT2D eigenvalue weighted by molar-refractivity contribution is 0.160. The average Bonchev–Trinajstić information content (AvgIpc) is 2.49. The molecule has 0 aliphatic heterocycles. The van der Waals surface area contributed by atoms with Crippen LogP contribution >= 0.6 is 11.6 Å². The third-order valence-electron chi connectivity index (χ3n) is 1.85. The summed E-state index contributed by atoms with van der Waals surface area (Å²) in [6, 6.07) is 5.42. The molecule has 68 valence electrons. The Balaban J connectivity index is 2.58. The van der Waals surface area contributed by atoms with Gasteiger partial charge in [-0.3, -0.25) is 5.10 Å². The van der Waals surface area contributed by atoms with Crippen LogP contribution in [0.15, 0.2) is 18.2 Å². The fourth-order valence-corrected chi connectivity index (χ4v) is 1.42. The van der Waals surface area contributed by atoms with Crippen molar-refractivity contribution in [3.63, 3.8) is 0 Å². The zero-order valence-electron chi connectivity index (χ0n) is 6.71. The van der Waals surface area contributed by atoms with E-state index in [1.54, 1.807) is 6.07 Å². The molecular formula is C8H8ClN3O. The van der Waals surface area contributed by atoms with Crippen molar-refractivity contribution in [2.24, 2.45) is 0 Å². The van der Waals surface area contributed by atoms with Crippen molar-refractivity contribution in [3.05, 3.63) is 28.9 Å². The molecule has 0 unspecified atom stereocenters. The average molecular weight is 198 g/mol. The molecule has 13 heavy (non-hydrogen) atoms. The third-order valence-corrected chi connectivity index (χ3v) is 2.09. The second-order valence-corrected chi connectivity index (χ2v) is 3.13. The zero-order valence-corrected chi connectivity index (χ0v) is 7.47. The van der Waals surface area contributed by atoms with Crippen LogP contribution in [-0.4, -0.2) is 15.4 Å². The normalized spacial score (nSPS) is 10.9. The Morgan fingerprint density at radius 2 is 2.38 bits per heavy atom. The van der Waals surface area contributed by atoms with Crippen molar-refractivity contribution in [2.75, 3.05) is 0 Å². The molecule has 0 atom stereocenters. The number of aromatic amines is 1. The summed E-state index contributed by atoms with van der Waals surface area (Å²) in [6.07, 6.45) is 0. The first kappa shape index (κ1) is 8.50. The Labute approximate surface area is 79.5 Å². The summed E-state index contributed by atoms with van der Waals surface area (Å²) >= 11 is 5.82. The van der Waals surface area contributed by atoms with Gasteiger partial charge >= 0.3 is 0 Å². The number of aromatic nitrogens is 2. The van der Waals surface area contributed by atoms with Crippen molar-refractivity contribution >= 4 is 22.5 Å². The standard InChI is InChI=1S/C8H8ClN3O/c9-5-1-2-7-6(3-5)8(4-10-13)12-11-7/h1-3,10,13H,4H2,(H,11,12). The molecule has 0 aliphatic carbocycles. The van der Waals surface area contributed by atoms with E-state index in [9.17, 15) is 0 Å². The van der Waals surface area contributed by atoms with Crippen molar-refractivity contribution < 1.29 is 5.21 Å². The minimum Gasteiger partial charge on any atom is -0.316 e. The summed E-state index contributed by atoms with van der Waals surface area (Å²) in [6.45, 7) is 0.330. The second kappa shape index (κ2) is 3.33. The molecule has 5 heteroatoms. The quantitative estimate of drug-likeness (QED) is 0.643. The van der Waals surface area contributed by atoms with Gasteiger partial charge < -0.3 is 5.21 Å². The first-order valence-electron chi connectivity index (χ1n) is 3.80. The predicted molar refractivity (Wildman–Crippen MR) is 49.7 cm³/mol. The van der Waals surface area contributed by atoms with Crippen molar-refractivity contribution in [1.82, 2.24) is 15.7 Å². The molecule has 0 aliphatic rings. The van der Waals surface area contributed by atoms with E-state index in [0.717, 1.165) is 16.6 Å². The number of H-pyrrole nitrogens is 1. The first-order valence-corrected chi connectivity index (χ1v) is 4.18. The summed E-state index contributed by atoms with van der Waals surface area (Å²) in [7, 11) is 0. The van der Waals surface area contributed by atoms with Gasteiger partial charge in [0.2, 0.25) is 0 Å². The molecule has 2 rings (SSSR count). The van der Waals surface area contributed by atoms with Crippen molar-refractivity contribution in [2.45, 2.75) is 6.54 Å². The molecule has 3 N–H and O–H groups in total. The van der Waals surface area contributed by atoms with Gasteiger partial charge in [0.15, 0.2) is 0 Å². The van der Waals surface area contributed by atoms with E-state index >= 15 is 0 Å². The Hall–Kier alpha value is -1.10. The number of fused-ring (bicyclic) bond motifs is 1. The summed E-state index contributed by atoms with van der Waals surface area (Å²) in [5.41, 5.74) is 3.73. The number of nitrogens with zero attached hydrogens (tertiary/aromatic N) is 1. The van der Waals surface area contributed by atoms with E-state index < -0.39 is 0 Å². The van der Waals surface area contributed by atoms with Gasteiger partial charge in [-0.1, -0.05) is 11.6 Å². The van der Waals surface area contributed by atoms with E-state index in [1.165, 1.54) is 0 Å². The predicted octanol–water partition coefficient (Wildman–Crippen LogP) is 1.70. The fourth-order valence-electron chi connectivity index (χ4n) is 1.25. The van der Waals surface area contributed by atoms with Crippen LogP contribution in [0.5, 0.6) is 0 Å². The molecule has 0 saturated carbocycles. The largest absolute Gasteiger partial charge is 0.316 e. The number of hydrogen-bond donors (Lipinski definition) is 3. The van der Waals surface area contributed by atoms with Crippen molar-refractivity contribution in [1.29, 1.82) is 0 Å². The summed E-state index contributed by atoms with van der Waals surface area (Å²) in [5, 5.41) is 17.0. The minimum atomic E-state index is 0.330. The maximum Gasteiger partial charge on any atom is 0.0925 e. The van der Waals surface area contributed by atoms with Crippen LogP contribution in [0, 0.1) is 0 Å². The summed E-state index contributed by atoms with van der Waals surface area (Å²) < 4.78 is 0. The number of benzene rings is 1. The van der Waals surface area contributed by atoms with E-state index in [0.29, 0.717) is 11.6 Å². The minimum absolute atomic E-state index is 0.330. The Morgan fingerprint density at radius 1 is 1.54 bits per heavy atom. The molecule has 4 nitrogen and oxygen atoms in total. The highest BCUT2D eigenvalue weighted by Gasteiger charge is 2.04. The van der Waals surface area contributed by atoms with Gasteiger partial charge in [-0.25, -0.2) is 0 Å². The molecule has 0 spiro atoms. The monoisotopic (exact) mass is 197 g/mol. The number of hydroxylamine groups is 1. The highest BCUT2D eigenvalue weighted by Crippen LogP contribution is 2.20. The molecule has 1 heterocycles. The molecule has 0 saturated heterocycles. The molecule has 0 amide bonds. The Morgan fingerprint density at radius 3 is 3.15 bits per heavy atom. The highest BCUT2D eigenvalue weighted by molar-refractivity contribution is 6.31. The van der Waals surface area contributed by atoms with Crippen LogP contribution in [0.4, 0.5) is 0 Å². The topological polar surface area (TPSA) is 60.9 Å². The molecule has 1 aromatic carbocycles. The maximum atomic E-state index is 8.54. The Kier molecular flexibility index (Phi) is 2.18. The third kappa shape index (κ3) is 1.51. The lowest BCUT2D eigenvalue weighted by Crippen LogP contribution is -2.06.